The molecule has 5 rings (SSSR count). The molecule has 4 heterocycles. The molecule has 0 bridgehead atoms. The fraction of sp³-hybridized carbons (Fsp3) is 0.412. The van der Waals surface area contributed by atoms with Crippen LogP contribution in [0.4, 0.5) is 0 Å². The zero-order valence-corrected chi connectivity index (χ0v) is 14.6. The summed E-state index contributed by atoms with van der Waals surface area (Å²) in [7, 11) is 0. The summed E-state index contributed by atoms with van der Waals surface area (Å²) in [6, 6.07) is 5.41. The molecule has 2 saturated heterocycles. The molecule has 0 aliphatic carbocycles. The molecule has 138 valence electrons. The molecule has 2 aliphatic heterocycles. The van der Waals surface area contributed by atoms with E-state index in [4.69, 9.17) is 0 Å². The Bertz CT molecular complexity index is 1020. The minimum atomic E-state index is -0.0286. The summed E-state index contributed by atoms with van der Waals surface area (Å²) in [4.78, 5) is 27.9. The predicted octanol–water partition coefficient (Wildman–Crippen LogP) is 0.369. The van der Waals surface area contributed by atoms with Crippen LogP contribution in [0, 0.1) is 0 Å². The minimum absolute atomic E-state index is 0.0286. The molecule has 3 aromatic rings. The molecule has 1 aromatic carbocycles. The summed E-state index contributed by atoms with van der Waals surface area (Å²) in [5.41, 5.74) is 2.79. The summed E-state index contributed by atoms with van der Waals surface area (Å²) < 4.78 is 1.79. The molecule has 0 radical (unpaired) electrons. The SMILES string of the molecule is O=C1CCCN1Cc1cn(C2CN(C(=O)c3ccc4n[nH]nc4c3)C2)nn1. The van der Waals surface area contributed by atoms with Crippen LogP contribution in [-0.4, -0.2) is 71.7 Å². The van der Waals surface area contributed by atoms with Crippen LogP contribution in [0.3, 0.4) is 0 Å². The van der Waals surface area contributed by atoms with Crippen molar-refractivity contribution in [3.63, 3.8) is 0 Å². The molecule has 0 saturated carbocycles. The number of aromatic amines is 1. The van der Waals surface area contributed by atoms with Gasteiger partial charge >= 0.3 is 0 Å². The van der Waals surface area contributed by atoms with Gasteiger partial charge in [0.1, 0.15) is 16.7 Å². The lowest BCUT2D eigenvalue weighted by molar-refractivity contribution is -0.128. The predicted molar refractivity (Wildman–Crippen MR) is 93.5 cm³/mol. The summed E-state index contributed by atoms with van der Waals surface area (Å²) in [6.45, 7) is 2.46. The third kappa shape index (κ3) is 2.82. The highest BCUT2D eigenvalue weighted by molar-refractivity contribution is 5.97. The highest BCUT2D eigenvalue weighted by Gasteiger charge is 2.33. The second-order valence-corrected chi connectivity index (χ2v) is 7.00. The van der Waals surface area contributed by atoms with Crippen LogP contribution in [0.5, 0.6) is 0 Å². The first-order chi connectivity index (χ1) is 13.2. The fourth-order valence-corrected chi connectivity index (χ4v) is 3.58. The first-order valence-electron chi connectivity index (χ1n) is 8.96. The first kappa shape index (κ1) is 15.9. The zero-order valence-electron chi connectivity index (χ0n) is 14.6. The van der Waals surface area contributed by atoms with Crippen molar-refractivity contribution in [1.29, 1.82) is 0 Å². The fourth-order valence-electron chi connectivity index (χ4n) is 3.58. The highest BCUT2D eigenvalue weighted by atomic mass is 16.2. The molecule has 10 nitrogen and oxygen atoms in total. The van der Waals surface area contributed by atoms with Gasteiger partial charge in [-0.2, -0.15) is 15.4 Å². The van der Waals surface area contributed by atoms with Gasteiger partial charge < -0.3 is 9.80 Å². The summed E-state index contributed by atoms with van der Waals surface area (Å²) in [5, 5.41) is 18.9. The smallest absolute Gasteiger partial charge is 0.254 e. The van der Waals surface area contributed by atoms with Crippen molar-refractivity contribution >= 4 is 22.8 Å². The highest BCUT2D eigenvalue weighted by Crippen LogP contribution is 2.24. The van der Waals surface area contributed by atoms with Gasteiger partial charge in [-0.25, -0.2) is 4.68 Å². The van der Waals surface area contributed by atoms with Crippen LogP contribution >= 0.6 is 0 Å². The second kappa shape index (κ2) is 6.15. The van der Waals surface area contributed by atoms with E-state index in [1.165, 1.54) is 0 Å². The average molecular weight is 366 g/mol. The Kier molecular flexibility index (Phi) is 3.62. The Morgan fingerprint density at radius 1 is 1.22 bits per heavy atom. The van der Waals surface area contributed by atoms with E-state index in [1.807, 2.05) is 11.1 Å². The number of carbonyl (C=O) groups is 2. The van der Waals surface area contributed by atoms with E-state index >= 15 is 0 Å². The van der Waals surface area contributed by atoms with E-state index < -0.39 is 0 Å². The maximum absolute atomic E-state index is 12.6. The van der Waals surface area contributed by atoms with Gasteiger partial charge in [0.05, 0.1) is 18.8 Å². The van der Waals surface area contributed by atoms with Gasteiger partial charge in [0.15, 0.2) is 0 Å². The molecule has 0 atom stereocenters. The van der Waals surface area contributed by atoms with E-state index in [9.17, 15) is 9.59 Å². The Labute approximate surface area is 154 Å². The van der Waals surface area contributed by atoms with Crippen molar-refractivity contribution in [3.05, 3.63) is 35.7 Å². The normalized spacial score (nSPS) is 17.7. The Morgan fingerprint density at radius 2 is 2.07 bits per heavy atom. The van der Waals surface area contributed by atoms with Crippen LogP contribution < -0.4 is 0 Å². The average Bonchev–Trinajstić information content (AvgIpc) is 3.35. The lowest BCUT2D eigenvalue weighted by Gasteiger charge is -2.38. The third-order valence-electron chi connectivity index (χ3n) is 5.17. The van der Waals surface area contributed by atoms with Crippen LogP contribution in [0.1, 0.15) is 34.9 Å². The standard InChI is InChI=1S/C17H18N8O2/c26-16-2-1-5-23(16)7-12-8-25(22-18-12)13-9-24(10-13)17(27)11-3-4-14-15(6-11)20-21-19-14/h3-4,6,8,13H,1-2,5,7,9-10H2,(H,19,20,21). The Hall–Kier alpha value is -3.30. The molecule has 2 aliphatic rings. The van der Waals surface area contributed by atoms with Crippen molar-refractivity contribution in [1.82, 2.24) is 40.2 Å². The van der Waals surface area contributed by atoms with Crippen molar-refractivity contribution in [2.45, 2.75) is 25.4 Å². The first-order valence-corrected chi connectivity index (χ1v) is 8.96. The zero-order chi connectivity index (χ0) is 18.4. The van der Waals surface area contributed by atoms with E-state index in [0.29, 0.717) is 37.1 Å². The number of fused-ring (bicyclic) bond motifs is 1. The second-order valence-electron chi connectivity index (χ2n) is 7.00. The van der Waals surface area contributed by atoms with Gasteiger partial charge in [0, 0.05) is 31.6 Å². The van der Waals surface area contributed by atoms with Crippen LogP contribution in [0.15, 0.2) is 24.4 Å². The molecule has 1 N–H and O–H groups in total. The minimum Gasteiger partial charge on any atom is -0.337 e. The number of nitrogens with zero attached hydrogens (tertiary/aromatic N) is 7. The van der Waals surface area contributed by atoms with Gasteiger partial charge in [-0.1, -0.05) is 5.21 Å². The number of H-pyrrole nitrogens is 1. The molecule has 2 amide bonds. The largest absolute Gasteiger partial charge is 0.337 e. The number of likely N-dealkylation sites (tertiary alicyclic amines) is 2. The lowest BCUT2D eigenvalue weighted by atomic mass is 10.1. The maximum atomic E-state index is 12.6. The monoisotopic (exact) mass is 366 g/mol. The number of nitrogens with one attached hydrogen (secondary N) is 1. The number of hydrogen-bond donors (Lipinski definition) is 1. The van der Waals surface area contributed by atoms with Gasteiger partial charge in [-0.05, 0) is 24.6 Å². The molecule has 2 fully saturated rings. The summed E-state index contributed by atoms with van der Waals surface area (Å²) in [6.07, 6.45) is 3.40. The number of aromatic nitrogens is 6. The quantitative estimate of drug-likeness (QED) is 0.714. The molecule has 0 unspecified atom stereocenters. The Balaban J connectivity index is 1.21. The van der Waals surface area contributed by atoms with E-state index in [0.717, 1.165) is 24.2 Å². The number of carbonyl (C=O) groups excluding carboxylic acids is 2. The molecule has 0 spiro atoms. The van der Waals surface area contributed by atoms with Crippen molar-refractivity contribution < 1.29 is 9.59 Å². The van der Waals surface area contributed by atoms with Crippen LogP contribution in [-0.2, 0) is 11.3 Å². The van der Waals surface area contributed by atoms with E-state index in [2.05, 4.69) is 25.7 Å². The molecular weight excluding hydrogens is 348 g/mol. The van der Waals surface area contributed by atoms with E-state index in [1.54, 1.807) is 27.8 Å². The summed E-state index contributed by atoms with van der Waals surface area (Å²) in [5.74, 6) is 0.146. The molecule has 27 heavy (non-hydrogen) atoms. The van der Waals surface area contributed by atoms with Gasteiger partial charge in [-0.15, -0.1) is 5.10 Å². The number of benzene rings is 1. The van der Waals surface area contributed by atoms with Crippen molar-refractivity contribution in [3.8, 4) is 0 Å². The number of amides is 2. The topological polar surface area (TPSA) is 113 Å². The van der Waals surface area contributed by atoms with Gasteiger partial charge in [0.2, 0.25) is 5.91 Å². The lowest BCUT2D eigenvalue weighted by Crippen LogP contribution is -2.50. The third-order valence-corrected chi connectivity index (χ3v) is 5.17. The van der Waals surface area contributed by atoms with Gasteiger partial charge in [0.25, 0.3) is 5.91 Å². The number of hydrogen-bond acceptors (Lipinski definition) is 6. The van der Waals surface area contributed by atoms with Gasteiger partial charge in [-0.3, -0.25) is 9.59 Å². The van der Waals surface area contributed by atoms with Crippen molar-refractivity contribution in [2.75, 3.05) is 19.6 Å². The van der Waals surface area contributed by atoms with E-state index in [-0.39, 0.29) is 17.9 Å². The number of rotatable bonds is 4. The van der Waals surface area contributed by atoms with Crippen LogP contribution in [0.25, 0.3) is 11.0 Å². The van der Waals surface area contributed by atoms with Crippen LogP contribution in [0.2, 0.25) is 0 Å². The maximum Gasteiger partial charge on any atom is 0.254 e. The van der Waals surface area contributed by atoms with Crippen molar-refractivity contribution in [2.24, 2.45) is 0 Å². The summed E-state index contributed by atoms with van der Waals surface area (Å²) >= 11 is 0. The molecular formula is C17H18N8O2. The molecule has 10 heteroatoms. The Morgan fingerprint density at radius 3 is 2.89 bits per heavy atom. The molecule has 2 aromatic heterocycles.